The van der Waals surface area contributed by atoms with Gasteiger partial charge in [-0.25, -0.2) is 23.5 Å². The van der Waals surface area contributed by atoms with Crippen LogP contribution in [0.2, 0.25) is 0 Å². The van der Waals surface area contributed by atoms with E-state index in [1.165, 1.54) is 41.6 Å². The van der Waals surface area contributed by atoms with Crippen molar-refractivity contribution < 1.29 is 23.0 Å². The number of halogens is 2. The van der Waals surface area contributed by atoms with Gasteiger partial charge in [-0.15, -0.1) is 0 Å². The normalized spacial score (nSPS) is 15.2. The number of hydrogen-bond acceptors (Lipinski definition) is 7. The monoisotopic (exact) mass is 441 g/mol. The van der Waals surface area contributed by atoms with Gasteiger partial charge in [-0.3, -0.25) is 4.90 Å². The van der Waals surface area contributed by atoms with Gasteiger partial charge in [0.05, 0.1) is 12.6 Å². The third kappa shape index (κ3) is 4.30. The third-order valence-corrected chi connectivity index (χ3v) is 5.02. The van der Waals surface area contributed by atoms with Crippen LogP contribution in [0.1, 0.15) is 24.1 Å². The molecule has 166 valence electrons. The second kappa shape index (κ2) is 9.15. The number of rotatable bonds is 7. The van der Waals surface area contributed by atoms with Crippen molar-refractivity contribution in [1.29, 1.82) is 0 Å². The number of hydrogen-bond donors (Lipinski definition) is 2. The molecule has 0 saturated carbocycles. The highest BCUT2D eigenvalue weighted by Gasteiger charge is 2.32. The third-order valence-electron chi connectivity index (χ3n) is 5.02. The lowest BCUT2D eigenvalue weighted by Gasteiger charge is -2.34. The van der Waals surface area contributed by atoms with Crippen molar-refractivity contribution in [3.8, 4) is 17.4 Å². The lowest BCUT2D eigenvalue weighted by atomic mass is 10.0. The van der Waals surface area contributed by atoms with Gasteiger partial charge in [0.2, 0.25) is 0 Å². The SMILES string of the molecule is C[C@H]1c2ccc(Oc3ncccc3F)cc2OC(=O)N1Cc1ccnc(NCCN)c1F. The number of carbonyl (C=O) groups is 1. The Labute approximate surface area is 183 Å². The Morgan fingerprint density at radius 3 is 2.84 bits per heavy atom. The summed E-state index contributed by atoms with van der Waals surface area (Å²) in [6.45, 7) is 2.50. The summed E-state index contributed by atoms with van der Waals surface area (Å²) in [6, 6.07) is 8.63. The van der Waals surface area contributed by atoms with Gasteiger partial charge in [0, 0.05) is 42.7 Å². The molecule has 2 aromatic heterocycles. The highest BCUT2D eigenvalue weighted by molar-refractivity contribution is 5.75. The molecule has 3 heterocycles. The zero-order chi connectivity index (χ0) is 22.7. The van der Waals surface area contributed by atoms with Crippen LogP contribution in [0.25, 0.3) is 0 Å². The lowest BCUT2D eigenvalue weighted by Crippen LogP contribution is -2.39. The van der Waals surface area contributed by atoms with Crippen molar-refractivity contribution >= 4 is 11.9 Å². The van der Waals surface area contributed by atoms with Crippen molar-refractivity contribution in [2.45, 2.75) is 19.5 Å². The van der Waals surface area contributed by atoms with E-state index in [2.05, 4.69) is 15.3 Å². The smallest absolute Gasteiger partial charge is 0.416 e. The molecule has 0 saturated heterocycles. The first kappa shape index (κ1) is 21.4. The van der Waals surface area contributed by atoms with E-state index in [0.717, 1.165) is 0 Å². The molecule has 3 aromatic rings. The van der Waals surface area contributed by atoms with E-state index in [1.807, 2.05) is 6.92 Å². The second-order valence-corrected chi connectivity index (χ2v) is 7.11. The Morgan fingerprint density at radius 2 is 2.06 bits per heavy atom. The van der Waals surface area contributed by atoms with E-state index >= 15 is 0 Å². The van der Waals surface area contributed by atoms with Crippen LogP contribution in [0.4, 0.5) is 19.4 Å². The first-order valence-corrected chi connectivity index (χ1v) is 9.96. The minimum atomic E-state index is -0.640. The van der Waals surface area contributed by atoms with Crippen LogP contribution in [-0.2, 0) is 6.54 Å². The Kier molecular flexibility index (Phi) is 6.13. The summed E-state index contributed by atoms with van der Waals surface area (Å²) in [5, 5.41) is 2.82. The molecular formula is C22H21F2N5O3. The van der Waals surface area contributed by atoms with Crippen LogP contribution in [0.15, 0.2) is 48.8 Å². The molecule has 3 N–H and O–H groups in total. The van der Waals surface area contributed by atoms with Gasteiger partial charge in [-0.05, 0) is 37.3 Å². The fourth-order valence-electron chi connectivity index (χ4n) is 3.35. The van der Waals surface area contributed by atoms with Crippen molar-refractivity contribution in [2.24, 2.45) is 5.73 Å². The van der Waals surface area contributed by atoms with Crippen molar-refractivity contribution in [3.05, 3.63) is 71.6 Å². The fourth-order valence-corrected chi connectivity index (χ4v) is 3.35. The van der Waals surface area contributed by atoms with Crippen molar-refractivity contribution in [3.63, 3.8) is 0 Å². The maximum Gasteiger partial charge on any atom is 0.416 e. The second-order valence-electron chi connectivity index (χ2n) is 7.11. The van der Waals surface area contributed by atoms with Gasteiger partial charge < -0.3 is 20.5 Å². The predicted octanol–water partition coefficient (Wildman–Crippen LogP) is 3.99. The summed E-state index contributed by atoms with van der Waals surface area (Å²) < 4.78 is 39.5. The van der Waals surface area contributed by atoms with Crippen LogP contribution in [0, 0.1) is 11.6 Å². The summed E-state index contributed by atoms with van der Waals surface area (Å²) in [4.78, 5) is 21.9. The van der Waals surface area contributed by atoms with E-state index in [-0.39, 0.29) is 35.3 Å². The first-order valence-electron chi connectivity index (χ1n) is 9.96. The minimum absolute atomic E-state index is 0.0114. The highest BCUT2D eigenvalue weighted by Crippen LogP contribution is 2.39. The summed E-state index contributed by atoms with van der Waals surface area (Å²) >= 11 is 0. The van der Waals surface area contributed by atoms with E-state index in [9.17, 15) is 13.6 Å². The summed E-state index contributed by atoms with van der Waals surface area (Å²) in [5.41, 5.74) is 6.44. The molecule has 0 radical (unpaired) electrons. The zero-order valence-corrected chi connectivity index (χ0v) is 17.2. The quantitative estimate of drug-likeness (QED) is 0.571. The number of benzene rings is 1. The number of nitrogens with two attached hydrogens (primary N) is 1. The van der Waals surface area contributed by atoms with Gasteiger partial charge in [0.1, 0.15) is 11.5 Å². The molecule has 0 aliphatic carbocycles. The summed E-state index contributed by atoms with van der Waals surface area (Å²) in [5.74, 6) is -0.709. The molecule has 1 aliphatic heterocycles. The number of nitrogens with one attached hydrogen (secondary N) is 1. The number of aromatic nitrogens is 2. The average Bonchev–Trinajstić information content (AvgIpc) is 2.78. The first-order chi connectivity index (χ1) is 15.5. The van der Waals surface area contributed by atoms with E-state index in [1.54, 1.807) is 12.1 Å². The van der Waals surface area contributed by atoms with E-state index in [0.29, 0.717) is 18.7 Å². The standard InChI is InChI=1S/C22H21F2N5O3/c1-13-16-5-4-15(31-21-17(23)3-2-8-28-21)11-18(16)32-22(30)29(13)12-14-6-9-26-20(19(14)24)27-10-7-25/h2-6,8-9,11,13H,7,10,12,25H2,1H3,(H,26,27)/t13-/m0/s1. The lowest BCUT2D eigenvalue weighted by molar-refractivity contribution is 0.116. The topological polar surface area (TPSA) is 103 Å². The van der Waals surface area contributed by atoms with Gasteiger partial charge >= 0.3 is 6.09 Å². The highest BCUT2D eigenvalue weighted by atomic mass is 19.1. The molecule has 0 bridgehead atoms. The van der Waals surface area contributed by atoms with Crippen molar-refractivity contribution in [2.75, 3.05) is 18.4 Å². The summed E-state index contributed by atoms with van der Waals surface area (Å²) in [7, 11) is 0. The molecule has 1 aromatic carbocycles. The Balaban J connectivity index is 1.55. The number of amides is 1. The number of pyridine rings is 2. The van der Waals surface area contributed by atoms with Crippen LogP contribution >= 0.6 is 0 Å². The molecule has 1 atom stereocenters. The summed E-state index contributed by atoms with van der Waals surface area (Å²) in [6.07, 6.45) is 2.23. The van der Waals surface area contributed by atoms with Gasteiger partial charge in [0.25, 0.3) is 5.88 Å². The van der Waals surface area contributed by atoms with E-state index < -0.39 is 23.8 Å². The average molecular weight is 441 g/mol. The maximum atomic E-state index is 14.8. The fraction of sp³-hybridized carbons (Fsp3) is 0.227. The molecule has 0 fully saturated rings. The molecular weight excluding hydrogens is 420 g/mol. The molecule has 8 nitrogen and oxygen atoms in total. The largest absolute Gasteiger partial charge is 0.436 e. The zero-order valence-electron chi connectivity index (χ0n) is 17.2. The number of nitrogens with zero attached hydrogens (tertiary/aromatic N) is 3. The van der Waals surface area contributed by atoms with Crippen molar-refractivity contribution in [1.82, 2.24) is 14.9 Å². The van der Waals surface area contributed by atoms with Crippen LogP contribution in [-0.4, -0.2) is 34.1 Å². The van der Waals surface area contributed by atoms with E-state index in [4.69, 9.17) is 15.2 Å². The van der Waals surface area contributed by atoms with Gasteiger partial charge in [0.15, 0.2) is 17.5 Å². The molecule has 0 unspecified atom stereocenters. The Hall–Kier alpha value is -3.79. The molecule has 0 spiro atoms. The van der Waals surface area contributed by atoms with Crippen LogP contribution in [0.3, 0.4) is 0 Å². The van der Waals surface area contributed by atoms with Gasteiger partial charge in [-0.2, -0.15) is 0 Å². The van der Waals surface area contributed by atoms with Crippen LogP contribution in [0.5, 0.6) is 17.4 Å². The number of anilines is 1. The Morgan fingerprint density at radius 1 is 1.22 bits per heavy atom. The predicted molar refractivity (Wildman–Crippen MR) is 112 cm³/mol. The maximum absolute atomic E-state index is 14.8. The minimum Gasteiger partial charge on any atom is -0.436 e. The van der Waals surface area contributed by atoms with Gasteiger partial charge in [-0.1, -0.05) is 0 Å². The molecule has 32 heavy (non-hydrogen) atoms. The number of ether oxygens (including phenoxy) is 2. The molecule has 1 aliphatic rings. The Bertz CT molecular complexity index is 1140. The molecule has 4 rings (SSSR count). The molecule has 10 heteroatoms. The number of fused-ring (bicyclic) bond motifs is 1. The number of carbonyl (C=O) groups excluding carboxylic acids is 1. The molecule has 1 amide bonds. The van der Waals surface area contributed by atoms with Crippen LogP contribution < -0.4 is 20.5 Å².